The van der Waals surface area contributed by atoms with Gasteiger partial charge in [0.15, 0.2) is 0 Å². The fourth-order valence-corrected chi connectivity index (χ4v) is 1.41. The van der Waals surface area contributed by atoms with Crippen LogP contribution in [0.1, 0.15) is 39.0 Å². The van der Waals surface area contributed by atoms with E-state index in [9.17, 15) is 4.79 Å². The van der Waals surface area contributed by atoms with Gasteiger partial charge < -0.3 is 5.11 Å². The number of hydrogen-bond donors (Lipinski definition) is 1. The van der Waals surface area contributed by atoms with Crippen molar-refractivity contribution < 1.29 is 14.7 Å². The summed E-state index contributed by atoms with van der Waals surface area (Å²) in [5, 5.41) is 6.89. The van der Waals surface area contributed by atoms with Crippen LogP contribution in [0.15, 0.2) is 0 Å². The molecule has 1 saturated carbocycles. The van der Waals surface area contributed by atoms with E-state index in [1.54, 1.807) is 0 Å². The second-order valence-electron chi connectivity index (χ2n) is 3.00. The van der Waals surface area contributed by atoms with E-state index in [0.29, 0.717) is 5.78 Å². The second-order valence-corrected chi connectivity index (χ2v) is 3.00. The summed E-state index contributed by atoms with van der Waals surface area (Å²) in [6.45, 7) is 1.96. The maximum atomic E-state index is 10.7. The molecule has 0 radical (unpaired) electrons. The molecule has 0 heterocycles. The standard InChI is InChI=1S/C8H14O.CH2O2/c1-2-7-3-5-8(9)6-4-7;2-1-3/h7H,2-6H2,1H3;1H,(H,2,3). The molecule has 70 valence electrons. The molecule has 0 unspecified atom stereocenters. The van der Waals surface area contributed by atoms with Crippen molar-refractivity contribution in [3.8, 4) is 0 Å². The van der Waals surface area contributed by atoms with E-state index < -0.39 is 0 Å². The summed E-state index contributed by atoms with van der Waals surface area (Å²) in [5.74, 6) is 1.32. The minimum Gasteiger partial charge on any atom is -0.483 e. The number of hydrogen-bond acceptors (Lipinski definition) is 2. The van der Waals surface area contributed by atoms with E-state index >= 15 is 0 Å². The Kier molecular flexibility index (Phi) is 6.34. The van der Waals surface area contributed by atoms with Crippen LogP contribution >= 0.6 is 0 Å². The Morgan fingerprint density at radius 2 is 1.92 bits per heavy atom. The summed E-state index contributed by atoms with van der Waals surface area (Å²) in [6, 6.07) is 0. The summed E-state index contributed by atoms with van der Waals surface area (Å²) in [4.78, 5) is 19.1. The first kappa shape index (κ1) is 11.1. The van der Waals surface area contributed by atoms with Crippen LogP contribution in [0.4, 0.5) is 0 Å². The van der Waals surface area contributed by atoms with Gasteiger partial charge in [-0.05, 0) is 18.8 Å². The molecule has 1 N–H and O–H groups in total. The van der Waals surface area contributed by atoms with Crippen LogP contribution in [-0.4, -0.2) is 17.4 Å². The van der Waals surface area contributed by atoms with E-state index in [-0.39, 0.29) is 6.47 Å². The Hall–Kier alpha value is -0.860. The average Bonchev–Trinajstić information content (AvgIpc) is 2.07. The third-order valence-corrected chi connectivity index (χ3v) is 2.24. The molecule has 0 aromatic heterocycles. The largest absolute Gasteiger partial charge is 0.483 e. The van der Waals surface area contributed by atoms with Crippen LogP contribution < -0.4 is 0 Å². The van der Waals surface area contributed by atoms with E-state index in [0.717, 1.165) is 31.6 Å². The van der Waals surface area contributed by atoms with Crippen molar-refractivity contribution in [2.24, 2.45) is 5.92 Å². The highest BCUT2D eigenvalue weighted by Gasteiger charge is 2.16. The number of rotatable bonds is 1. The first-order valence-electron chi connectivity index (χ1n) is 4.34. The van der Waals surface area contributed by atoms with Crippen LogP contribution in [-0.2, 0) is 9.59 Å². The number of Topliss-reactive ketones (excluding diaryl/α,β-unsaturated/α-hetero) is 1. The Labute approximate surface area is 72.8 Å². The van der Waals surface area contributed by atoms with E-state index in [1.165, 1.54) is 6.42 Å². The third-order valence-electron chi connectivity index (χ3n) is 2.24. The van der Waals surface area contributed by atoms with Crippen molar-refractivity contribution in [2.75, 3.05) is 0 Å². The molecule has 0 aliphatic heterocycles. The normalized spacial score (nSPS) is 17.9. The van der Waals surface area contributed by atoms with E-state index in [4.69, 9.17) is 9.90 Å². The van der Waals surface area contributed by atoms with Crippen molar-refractivity contribution in [1.29, 1.82) is 0 Å². The zero-order valence-corrected chi connectivity index (χ0v) is 7.45. The summed E-state index contributed by atoms with van der Waals surface area (Å²) in [7, 11) is 0. The number of carbonyl (C=O) groups excluding carboxylic acids is 1. The fraction of sp³-hybridized carbons (Fsp3) is 0.778. The molecule has 0 spiro atoms. The van der Waals surface area contributed by atoms with Gasteiger partial charge in [-0.15, -0.1) is 0 Å². The molecule has 12 heavy (non-hydrogen) atoms. The van der Waals surface area contributed by atoms with Gasteiger partial charge in [0.25, 0.3) is 6.47 Å². The van der Waals surface area contributed by atoms with Crippen molar-refractivity contribution in [3.63, 3.8) is 0 Å². The zero-order chi connectivity index (χ0) is 9.40. The Balaban J connectivity index is 0.000000354. The molecule has 0 saturated heterocycles. The fourth-order valence-electron chi connectivity index (χ4n) is 1.41. The zero-order valence-electron chi connectivity index (χ0n) is 7.45. The molecule has 3 heteroatoms. The molecule has 1 aliphatic rings. The third kappa shape index (κ3) is 4.88. The Morgan fingerprint density at radius 1 is 1.50 bits per heavy atom. The molecule has 0 atom stereocenters. The summed E-state index contributed by atoms with van der Waals surface area (Å²) < 4.78 is 0. The van der Waals surface area contributed by atoms with Crippen molar-refractivity contribution in [2.45, 2.75) is 39.0 Å². The van der Waals surface area contributed by atoms with E-state index in [1.807, 2.05) is 0 Å². The van der Waals surface area contributed by atoms with Crippen molar-refractivity contribution in [3.05, 3.63) is 0 Å². The summed E-state index contributed by atoms with van der Waals surface area (Å²) >= 11 is 0. The summed E-state index contributed by atoms with van der Waals surface area (Å²) in [5.41, 5.74) is 0. The van der Waals surface area contributed by atoms with Gasteiger partial charge in [-0.3, -0.25) is 9.59 Å². The van der Waals surface area contributed by atoms with E-state index in [2.05, 4.69) is 6.92 Å². The van der Waals surface area contributed by atoms with Gasteiger partial charge >= 0.3 is 0 Å². The SMILES string of the molecule is CCC1CCC(=O)CC1.O=CO. The number of carbonyl (C=O) groups is 2. The molecular formula is C9H16O3. The highest BCUT2D eigenvalue weighted by Crippen LogP contribution is 2.23. The Bertz CT molecular complexity index is 133. The maximum absolute atomic E-state index is 10.7. The molecule has 0 aromatic carbocycles. The molecule has 1 fully saturated rings. The Morgan fingerprint density at radius 3 is 2.25 bits per heavy atom. The molecule has 0 amide bonds. The second kappa shape index (κ2) is 6.83. The van der Waals surface area contributed by atoms with Gasteiger partial charge in [-0.25, -0.2) is 0 Å². The van der Waals surface area contributed by atoms with Crippen molar-refractivity contribution >= 4 is 12.3 Å². The van der Waals surface area contributed by atoms with Crippen LogP contribution in [0.25, 0.3) is 0 Å². The maximum Gasteiger partial charge on any atom is 0.290 e. The molecule has 3 nitrogen and oxygen atoms in total. The molecule has 0 bridgehead atoms. The smallest absolute Gasteiger partial charge is 0.290 e. The summed E-state index contributed by atoms with van der Waals surface area (Å²) in [6.07, 6.45) is 5.24. The average molecular weight is 172 g/mol. The lowest BCUT2D eigenvalue weighted by atomic mass is 9.87. The van der Waals surface area contributed by atoms with Crippen LogP contribution in [0.2, 0.25) is 0 Å². The van der Waals surface area contributed by atoms with Gasteiger partial charge in [0.05, 0.1) is 0 Å². The predicted molar refractivity (Wildman–Crippen MR) is 45.9 cm³/mol. The van der Waals surface area contributed by atoms with Gasteiger partial charge in [-0.2, -0.15) is 0 Å². The molecule has 1 rings (SSSR count). The highest BCUT2D eigenvalue weighted by atomic mass is 16.3. The number of carboxylic acid groups (broad SMARTS) is 1. The van der Waals surface area contributed by atoms with Gasteiger partial charge in [0.2, 0.25) is 0 Å². The quantitative estimate of drug-likeness (QED) is 0.614. The minimum atomic E-state index is -0.250. The molecule has 0 aromatic rings. The number of ketones is 1. The van der Waals surface area contributed by atoms with Crippen molar-refractivity contribution in [1.82, 2.24) is 0 Å². The van der Waals surface area contributed by atoms with Gasteiger partial charge in [0, 0.05) is 12.8 Å². The molecule has 1 aliphatic carbocycles. The van der Waals surface area contributed by atoms with Gasteiger partial charge in [0.1, 0.15) is 5.78 Å². The van der Waals surface area contributed by atoms with Crippen LogP contribution in [0.3, 0.4) is 0 Å². The first-order valence-corrected chi connectivity index (χ1v) is 4.34. The molecular weight excluding hydrogens is 156 g/mol. The predicted octanol–water partition coefficient (Wildman–Crippen LogP) is 1.86. The lowest BCUT2D eigenvalue weighted by Gasteiger charge is -2.18. The topological polar surface area (TPSA) is 54.4 Å². The minimum absolute atomic E-state index is 0.250. The van der Waals surface area contributed by atoms with Crippen LogP contribution in [0.5, 0.6) is 0 Å². The van der Waals surface area contributed by atoms with Crippen LogP contribution in [0, 0.1) is 5.92 Å². The lowest BCUT2D eigenvalue weighted by molar-refractivity contribution is -0.123. The lowest BCUT2D eigenvalue weighted by Crippen LogP contribution is -2.12. The monoisotopic (exact) mass is 172 g/mol. The highest BCUT2D eigenvalue weighted by molar-refractivity contribution is 5.78. The van der Waals surface area contributed by atoms with Gasteiger partial charge in [-0.1, -0.05) is 13.3 Å². The first-order chi connectivity index (χ1) is 5.74.